The van der Waals surface area contributed by atoms with Crippen molar-refractivity contribution in [3.05, 3.63) is 68.3 Å². The van der Waals surface area contributed by atoms with Crippen molar-refractivity contribution < 1.29 is 15.0 Å². The van der Waals surface area contributed by atoms with E-state index < -0.39 is 21.3 Å². The van der Waals surface area contributed by atoms with Gasteiger partial charge in [0.25, 0.3) is 11.4 Å². The van der Waals surface area contributed by atoms with Crippen molar-refractivity contribution in [1.29, 1.82) is 0 Å². The van der Waals surface area contributed by atoms with Gasteiger partial charge in [0.2, 0.25) is 0 Å². The van der Waals surface area contributed by atoms with Crippen molar-refractivity contribution in [2.24, 2.45) is 4.99 Å². The molecule has 106 valence electrons. The number of hydrogen-bond acceptors (Lipinski definition) is 6. The Morgan fingerprint density at radius 3 is 2.38 bits per heavy atom. The van der Waals surface area contributed by atoms with E-state index in [2.05, 4.69) is 4.99 Å². The minimum Gasteiger partial charge on any atom is -0.867 e. The first kappa shape index (κ1) is 14.1. The highest BCUT2D eigenvalue weighted by Crippen LogP contribution is 2.26. The molecule has 0 unspecified atom stereocenters. The van der Waals surface area contributed by atoms with Gasteiger partial charge in [-0.2, -0.15) is 0 Å². The first-order chi connectivity index (χ1) is 9.99. The number of nitro groups is 2. The number of non-ortho nitro benzene ring substituents is 1. The fourth-order valence-electron chi connectivity index (χ4n) is 1.62. The Balaban J connectivity index is 2.34. The molecule has 0 aliphatic heterocycles. The molecule has 8 nitrogen and oxygen atoms in total. The van der Waals surface area contributed by atoms with E-state index in [9.17, 15) is 25.3 Å². The molecular weight excluding hydrogens is 278 g/mol. The average Bonchev–Trinajstić information content (AvgIpc) is 2.46. The summed E-state index contributed by atoms with van der Waals surface area (Å²) in [6.45, 7) is 0. The molecule has 0 aromatic heterocycles. The smallest absolute Gasteiger partial charge is 0.271 e. The highest BCUT2D eigenvalue weighted by Gasteiger charge is 2.08. The van der Waals surface area contributed by atoms with Crippen LogP contribution in [0.4, 0.5) is 17.1 Å². The first-order valence-corrected chi connectivity index (χ1v) is 5.72. The van der Waals surface area contributed by atoms with Crippen molar-refractivity contribution in [3.63, 3.8) is 0 Å². The molecule has 8 heteroatoms. The van der Waals surface area contributed by atoms with Gasteiger partial charge in [0.05, 0.1) is 15.5 Å². The van der Waals surface area contributed by atoms with Gasteiger partial charge in [-0.25, -0.2) is 0 Å². The lowest BCUT2D eigenvalue weighted by molar-refractivity contribution is -0.398. The fraction of sp³-hybridized carbons (Fsp3) is 0. The summed E-state index contributed by atoms with van der Waals surface area (Å²) in [6, 6.07) is 9.38. The molecule has 0 atom stereocenters. The van der Waals surface area contributed by atoms with Crippen LogP contribution >= 0.6 is 0 Å². The zero-order valence-corrected chi connectivity index (χ0v) is 10.5. The molecule has 0 amide bonds. The number of nitro benzene ring substituents is 2. The Morgan fingerprint density at radius 2 is 1.71 bits per heavy atom. The van der Waals surface area contributed by atoms with E-state index in [0.717, 1.165) is 12.3 Å². The molecule has 0 aliphatic carbocycles. The molecule has 0 saturated carbocycles. The number of para-hydroxylation sites is 1. The summed E-state index contributed by atoms with van der Waals surface area (Å²) in [5.74, 6) is -0.753. The Bertz CT molecular complexity index is 742. The van der Waals surface area contributed by atoms with Gasteiger partial charge in [0.1, 0.15) is 0 Å². The molecule has 0 heterocycles. The fourth-order valence-corrected chi connectivity index (χ4v) is 1.62. The first-order valence-electron chi connectivity index (χ1n) is 5.72. The van der Waals surface area contributed by atoms with Crippen molar-refractivity contribution >= 4 is 23.3 Å². The number of nitrogens with zero attached hydrogens (tertiary/aromatic N) is 3. The minimum atomic E-state index is -0.771. The largest absolute Gasteiger partial charge is 0.867 e. The zero-order chi connectivity index (χ0) is 15.4. The molecule has 0 bridgehead atoms. The SMILES string of the molecule is O=[N+]([O-])c1cccc(N=Cc2cccc([N+](=O)[O-])c2[O-])c1. The summed E-state index contributed by atoms with van der Waals surface area (Å²) in [5.41, 5.74) is -0.366. The topological polar surface area (TPSA) is 122 Å². The number of benzene rings is 2. The van der Waals surface area contributed by atoms with Crippen molar-refractivity contribution in [3.8, 4) is 5.75 Å². The molecular formula is C13H8N3O5-. The van der Waals surface area contributed by atoms with Gasteiger partial charge in [0, 0.05) is 24.4 Å². The molecule has 2 aromatic rings. The van der Waals surface area contributed by atoms with Gasteiger partial charge in [-0.3, -0.25) is 25.2 Å². The van der Waals surface area contributed by atoms with Gasteiger partial charge in [-0.1, -0.05) is 18.2 Å². The van der Waals surface area contributed by atoms with E-state index in [1.54, 1.807) is 0 Å². The van der Waals surface area contributed by atoms with Crippen LogP contribution in [0.5, 0.6) is 5.75 Å². The van der Waals surface area contributed by atoms with Crippen molar-refractivity contribution in [1.82, 2.24) is 0 Å². The molecule has 2 rings (SSSR count). The summed E-state index contributed by atoms with van der Waals surface area (Å²) >= 11 is 0. The quantitative estimate of drug-likeness (QED) is 0.485. The van der Waals surface area contributed by atoms with Crippen LogP contribution in [0.15, 0.2) is 47.5 Å². The second-order valence-corrected chi connectivity index (χ2v) is 3.99. The Morgan fingerprint density at radius 1 is 1.00 bits per heavy atom. The van der Waals surface area contributed by atoms with Crippen LogP contribution in [0.3, 0.4) is 0 Å². The highest BCUT2D eigenvalue weighted by molar-refractivity contribution is 5.87. The predicted molar refractivity (Wildman–Crippen MR) is 72.9 cm³/mol. The monoisotopic (exact) mass is 286 g/mol. The van der Waals surface area contributed by atoms with Crippen LogP contribution in [0.2, 0.25) is 0 Å². The summed E-state index contributed by atoms with van der Waals surface area (Å²) < 4.78 is 0. The Labute approximate surface area is 118 Å². The maximum absolute atomic E-state index is 11.8. The molecule has 0 fully saturated rings. The van der Waals surface area contributed by atoms with Crippen LogP contribution in [0.25, 0.3) is 0 Å². The third-order valence-electron chi connectivity index (χ3n) is 2.61. The van der Waals surface area contributed by atoms with Crippen molar-refractivity contribution in [2.45, 2.75) is 0 Å². The molecule has 0 saturated heterocycles. The van der Waals surface area contributed by atoms with E-state index in [1.165, 1.54) is 36.4 Å². The number of rotatable bonds is 4. The maximum atomic E-state index is 11.8. The van der Waals surface area contributed by atoms with Crippen LogP contribution < -0.4 is 5.11 Å². The predicted octanol–water partition coefficient (Wildman–Crippen LogP) is 2.33. The molecule has 21 heavy (non-hydrogen) atoms. The summed E-state index contributed by atoms with van der Waals surface area (Å²) in [7, 11) is 0. The van der Waals surface area contributed by atoms with Gasteiger partial charge < -0.3 is 5.11 Å². The second-order valence-electron chi connectivity index (χ2n) is 3.99. The Kier molecular flexibility index (Phi) is 3.89. The highest BCUT2D eigenvalue weighted by atomic mass is 16.6. The lowest BCUT2D eigenvalue weighted by atomic mass is 10.2. The van der Waals surface area contributed by atoms with Gasteiger partial charge in [-0.15, -0.1) is 0 Å². The molecule has 0 spiro atoms. The van der Waals surface area contributed by atoms with Gasteiger partial charge in [0.15, 0.2) is 0 Å². The van der Waals surface area contributed by atoms with Crippen LogP contribution in [0, 0.1) is 20.2 Å². The van der Waals surface area contributed by atoms with Crippen LogP contribution in [-0.2, 0) is 0 Å². The van der Waals surface area contributed by atoms with E-state index in [-0.39, 0.29) is 16.9 Å². The van der Waals surface area contributed by atoms with Gasteiger partial charge >= 0.3 is 0 Å². The normalized spacial score (nSPS) is 10.7. The van der Waals surface area contributed by atoms with E-state index in [1.807, 2.05) is 0 Å². The summed E-state index contributed by atoms with van der Waals surface area (Å²) in [4.78, 5) is 23.9. The number of aliphatic imine (C=N–C) groups is 1. The van der Waals surface area contributed by atoms with E-state index in [0.29, 0.717) is 0 Å². The second kappa shape index (κ2) is 5.78. The zero-order valence-electron chi connectivity index (χ0n) is 10.5. The Hall–Kier alpha value is -3.29. The number of hydrogen-bond donors (Lipinski definition) is 0. The lowest BCUT2D eigenvalue weighted by Crippen LogP contribution is -2.01. The van der Waals surface area contributed by atoms with Crippen LogP contribution in [-0.4, -0.2) is 16.1 Å². The third-order valence-corrected chi connectivity index (χ3v) is 2.61. The van der Waals surface area contributed by atoms with E-state index in [4.69, 9.17) is 0 Å². The average molecular weight is 286 g/mol. The maximum Gasteiger partial charge on any atom is 0.271 e. The van der Waals surface area contributed by atoms with Crippen LogP contribution in [0.1, 0.15) is 5.56 Å². The van der Waals surface area contributed by atoms with E-state index >= 15 is 0 Å². The third kappa shape index (κ3) is 3.18. The summed E-state index contributed by atoms with van der Waals surface area (Å²) in [6.07, 6.45) is 1.15. The molecule has 0 N–H and O–H groups in total. The standard InChI is InChI=1S/C13H9N3O5/c17-13-9(3-1-6-12(13)16(20)21)8-14-10-4-2-5-11(7-10)15(18)19/h1-8,17H/p-1. The molecule has 0 aliphatic rings. The molecule has 2 aromatic carbocycles. The minimum absolute atomic E-state index is 0.0377. The lowest BCUT2D eigenvalue weighted by Gasteiger charge is -2.09. The molecule has 0 radical (unpaired) electrons. The summed E-state index contributed by atoms with van der Waals surface area (Å²) in [5, 5.41) is 33.0. The van der Waals surface area contributed by atoms with Crippen molar-refractivity contribution in [2.75, 3.05) is 0 Å². The van der Waals surface area contributed by atoms with Gasteiger partial charge in [-0.05, 0) is 17.4 Å².